The van der Waals surface area contributed by atoms with Gasteiger partial charge in [-0.25, -0.2) is 0 Å². The third-order valence-electron chi connectivity index (χ3n) is 4.11. The summed E-state index contributed by atoms with van der Waals surface area (Å²) in [5.41, 5.74) is 2.91. The number of rotatable bonds is 4. The zero-order chi connectivity index (χ0) is 14.1. The maximum Gasteiger partial charge on any atom is 0.268 e. The van der Waals surface area contributed by atoms with Crippen LogP contribution < -0.4 is 5.32 Å². The van der Waals surface area contributed by atoms with Gasteiger partial charge < -0.3 is 9.88 Å². The number of aromatic nitrogens is 1. The number of nitrogens with one attached hydrogen (secondary N) is 1. The third-order valence-corrected chi connectivity index (χ3v) is 4.11. The van der Waals surface area contributed by atoms with Crippen molar-refractivity contribution in [3.05, 3.63) is 48.2 Å². The SMILES string of the molecule is C[C@@H](NC(=O)c1ccc(-c2ccccc2)n1C)C1CC1. The van der Waals surface area contributed by atoms with Gasteiger partial charge in [0.1, 0.15) is 5.69 Å². The molecule has 20 heavy (non-hydrogen) atoms. The minimum Gasteiger partial charge on any atom is -0.348 e. The Morgan fingerprint density at radius 1 is 1.20 bits per heavy atom. The van der Waals surface area contributed by atoms with Gasteiger partial charge in [0.25, 0.3) is 5.91 Å². The molecule has 0 radical (unpaired) electrons. The summed E-state index contributed by atoms with van der Waals surface area (Å²) >= 11 is 0. The molecule has 0 bridgehead atoms. The van der Waals surface area contributed by atoms with E-state index in [4.69, 9.17) is 0 Å². The molecule has 0 aliphatic heterocycles. The smallest absolute Gasteiger partial charge is 0.268 e. The lowest BCUT2D eigenvalue weighted by Gasteiger charge is -2.14. The van der Waals surface area contributed by atoms with Crippen LogP contribution in [0.1, 0.15) is 30.3 Å². The molecule has 1 aromatic carbocycles. The largest absolute Gasteiger partial charge is 0.348 e. The van der Waals surface area contributed by atoms with Crippen LogP contribution in [0, 0.1) is 5.92 Å². The van der Waals surface area contributed by atoms with Crippen LogP contribution in [-0.2, 0) is 7.05 Å². The Balaban J connectivity index is 1.81. The molecule has 1 N–H and O–H groups in total. The lowest BCUT2D eigenvalue weighted by Crippen LogP contribution is -2.35. The highest BCUT2D eigenvalue weighted by atomic mass is 16.2. The van der Waals surface area contributed by atoms with Crippen LogP contribution in [0.15, 0.2) is 42.5 Å². The van der Waals surface area contributed by atoms with Gasteiger partial charge in [0.2, 0.25) is 0 Å². The standard InChI is InChI=1S/C17H20N2O/c1-12(13-8-9-13)18-17(20)16-11-10-15(19(16)2)14-6-4-3-5-7-14/h3-7,10-13H,8-9H2,1-2H3,(H,18,20)/t12-/m1/s1. The Morgan fingerprint density at radius 3 is 2.55 bits per heavy atom. The molecule has 0 spiro atoms. The normalized spacial score (nSPS) is 15.9. The Hall–Kier alpha value is -2.03. The predicted octanol–water partition coefficient (Wildman–Crippen LogP) is 3.22. The van der Waals surface area contributed by atoms with E-state index in [1.54, 1.807) is 0 Å². The van der Waals surface area contributed by atoms with Crippen LogP contribution in [0.3, 0.4) is 0 Å². The number of hydrogen-bond acceptors (Lipinski definition) is 1. The maximum atomic E-state index is 12.3. The van der Waals surface area contributed by atoms with Crippen molar-refractivity contribution in [2.24, 2.45) is 13.0 Å². The van der Waals surface area contributed by atoms with E-state index >= 15 is 0 Å². The van der Waals surface area contributed by atoms with E-state index in [0.29, 0.717) is 5.92 Å². The quantitative estimate of drug-likeness (QED) is 0.907. The summed E-state index contributed by atoms with van der Waals surface area (Å²) < 4.78 is 1.96. The highest BCUT2D eigenvalue weighted by Crippen LogP contribution is 2.32. The highest BCUT2D eigenvalue weighted by molar-refractivity contribution is 5.94. The Bertz CT molecular complexity index is 611. The molecular weight excluding hydrogens is 248 g/mol. The lowest BCUT2D eigenvalue weighted by molar-refractivity contribution is 0.0928. The van der Waals surface area contributed by atoms with Crippen molar-refractivity contribution in [3.63, 3.8) is 0 Å². The fraction of sp³-hybridized carbons (Fsp3) is 0.353. The summed E-state index contributed by atoms with van der Waals surface area (Å²) in [5.74, 6) is 0.696. The summed E-state index contributed by atoms with van der Waals surface area (Å²) in [5, 5.41) is 3.10. The molecule has 2 aromatic rings. The minimum absolute atomic E-state index is 0.0223. The fourth-order valence-corrected chi connectivity index (χ4v) is 2.63. The van der Waals surface area contributed by atoms with E-state index in [0.717, 1.165) is 17.0 Å². The maximum absolute atomic E-state index is 12.3. The molecule has 1 saturated carbocycles. The van der Waals surface area contributed by atoms with E-state index in [2.05, 4.69) is 24.4 Å². The average Bonchev–Trinajstić information content (AvgIpc) is 3.23. The topological polar surface area (TPSA) is 34.0 Å². The first-order valence-corrected chi connectivity index (χ1v) is 7.19. The zero-order valence-corrected chi connectivity index (χ0v) is 12.0. The van der Waals surface area contributed by atoms with E-state index in [1.807, 2.05) is 41.9 Å². The van der Waals surface area contributed by atoms with Gasteiger partial charge in [0, 0.05) is 18.8 Å². The molecule has 1 aliphatic carbocycles. The van der Waals surface area contributed by atoms with E-state index in [-0.39, 0.29) is 11.9 Å². The molecule has 3 rings (SSSR count). The van der Waals surface area contributed by atoms with Crippen molar-refractivity contribution < 1.29 is 4.79 Å². The van der Waals surface area contributed by atoms with Crippen molar-refractivity contribution in [1.29, 1.82) is 0 Å². The fourth-order valence-electron chi connectivity index (χ4n) is 2.63. The first-order chi connectivity index (χ1) is 9.66. The molecular formula is C17H20N2O. The zero-order valence-electron chi connectivity index (χ0n) is 12.0. The Kier molecular flexibility index (Phi) is 3.35. The third kappa shape index (κ3) is 2.48. The molecule has 0 unspecified atom stereocenters. The Morgan fingerprint density at radius 2 is 1.90 bits per heavy atom. The van der Waals surface area contributed by atoms with E-state index < -0.39 is 0 Å². The summed E-state index contributed by atoms with van der Waals surface area (Å²) in [6.07, 6.45) is 2.48. The number of benzene rings is 1. The lowest BCUT2D eigenvalue weighted by atomic mass is 10.2. The second kappa shape index (κ2) is 5.16. The van der Waals surface area contributed by atoms with Gasteiger partial charge in [-0.15, -0.1) is 0 Å². The molecule has 104 valence electrons. The molecule has 1 heterocycles. The van der Waals surface area contributed by atoms with Gasteiger partial charge in [-0.2, -0.15) is 0 Å². The summed E-state index contributed by atoms with van der Waals surface area (Å²) in [4.78, 5) is 12.3. The molecule has 1 amide bonds. The van der Waals surface area contributed by atoms with Crippen LogP contribution in [0.5, 0.6) is 0 Å². The van der Waals surface area contributed by atoms with Crippen molar-refractivity contribution in [1.82, 2.24) is 9.88 Å². The van der Waals surface area contributed by atoms with Crippen LogP contribution in [-0.4, -0.2) is 16.5 Å². The molecule has 0 saturated heterocycles. The van der Waals surface area contributed by atoms with Crippen LogP contribution >= 0.6 is 0 Å². The number of nitrogens with zero attached hydrogens (tertiary/aromatic N) is 1. The van der Waals surface area contributed by atoms with E-state index in [1.165, 1.54) is 12.8 Å². The van der Waals surface area contributed by atoms with Crippen molar-refractivity contribution >= 4 is 5.91 Å². The highest BCUT2D eigenvalue weighted by Gasteiger charge is 2.29. The first-order valence-electron chi connectivity index (χ1n) is 7.19. The van der Waals surface area contributed by atoms with Gasteiger partial charge in [-0.05, 0) is 43.4 Å². The second-order valence-electron chi connectivity index (χ2n) is 5.63. The summed E-state index contributed by atoms with van der Waals surface area (Å²) in [6, 6.07) is 14.3. The average molecular weight is 268 g/mol. The van der Waals surface area contributed by atoms with Crippen LogP contribution in [0.25, 0.3) is 11.3 Å². The number of carbonyl (C=O) groups excluding carboxylic acids is 1. The van der Waals surface area contributed by atoms with Gasteiger partial charge in [0.15, 0.2) is 0 Å². The van der Waals surface area contributed by atoms with Gasteiger partial charge in [-0.1, -0.05) is 30.3 Å². The first kappa shape index (κ1) is 13.0. The van der Waals surface area contributed by atoms with Crippen LogP contribution in [0.4, 0.5) is 0 Å². The van der Waals surface area contributed by atoms with Gasteiger partial charge >= 0.3 is 0 Å². The molecule has 1 aromatic heterocycles. The monoisotopic (exact) mass is 268 g/mol. The molecule has 1 aliphatic rings. The Labute approximate surface area is 119 Å². The van der Waals surface area contributed by atoms with E-state index in [9.17, 15) is 4.79 Å². The molecule has 3 heteroatoms. The number of hydrogen-bond donors (Lipinski definition) is 1. The van der Waals surface area contributed by atoms with Crippen molar-refractivity contribution in [2.75, 3.05) is 0 Å². The van der Waals surface area contributed by atoms with Gasteiger partial charge in [-0.3, -0.25) is 4.79 Å². The van der Waals surface area contributed by atoms with Crippen molar-refractivity contribution in [3.8, 4) is 11.3 Å². The molecule has 1 fully saturated rings. The van der Waals surface area contributed by atoms with Crippen LogP contribution in [0.2, 0.25) is 0 Å². The summed E-state index contributed by atoms with van der Waals surface area (Å²) in [7, 11) is 1.94. The second-order valence-corrected chi connectivity index (χ2v) is 5.63. The number of carbonyl (C=O) groups is 1. The summed E-state index contributed by atoms with van der Waals surface area (Å²) in [6.45, 7) is 2.09. The molecule has 3 nitrogen and oxygen atoms in total. The van der Waals surface area contributed by atoms with Crippen molar-refractivity contribution in [2.45, 2.75) is 25.8 Å². The predicted molar refractivity (Wildman–Crippen MR) is 80.5 cm³/mol. The van der Waals surface area contributed by atoms with Gasteiger partial charge in [0.05, 0.1) is 0 Å². The minimum atomic E-state index is 0.0223. The number of amides is 1. The molecule has 1 atom stereocenters.